The van der Waals surface area contributed by atoms with Crippen molar-refractivity contribution in [2.24, 2.45) is 27.2 Å². The second kappa shape index (κ2) is 5.97. The number of halogens is 1. The summed E-state index contributed by atoms with van der Waals surface area (Å²) in [5, 5.41) is 0.715. The topological polar surface area (TPSA) is 103 Å². The fraction of sp³-hybridized carbons (Fsp3) is 0.200. The minimum Gasteiger partial charge on any atom is -0.370 e. The molecule has 0 radical (unpaired) electrons. The summed E-state index contributed by atoms with van der Waals surface area (Å²) in [7, 11) is 0. The first-order valence-corrected chi connectivity index (χ1v) is 5.09. The molecule has 0 fully saturated rings. The minimum atomic E-state index is -0.0901. The van der Waals surface area contributed by atoms with Crippen LogP contribution in [0.1, 0.15) is 5.56 Å². The Morgan fingerprint density at radius 3 is 2.31 bits per heavy atom. The second-order valence-corrected chi connectivity index (χ2v) is 3.59. The maximum atomic E-state index is 5.76. The van der Waals surface area contributed by atoms with Gasteiger partial charge in [0.1, 0.15) is 0 Å². The van der Waals surface area contributed by atoms with Crippen LogP contribution in [0.5, 0.6) is 0 Å². The third-order valence-corrected chi connectivity index (χ3v) is 2.08. The molecule has 16 heavy (non-hydrogen) atoms. The molecule has 0 amide bonds. The first kappa shape index (κ1) is 12.3. The van der Waals surface area contributed by atoms with Crippen LogP contribution in [0.4, 0.5) is 0 Å². The Hall–Kier alpha value is -1.75. The van der Waals surface area contributed by atoms with Gasteiger partial charge in [0.05, 0.1) is 0 Å². The van der Waals surface area contributed by atoms with Crippen molar-refractivity contribution in [3.63, 3.8) is 0 Å². The molecule has 6 heteroatoms. The van der Waals surface area contributed by atoms with Crippen molar-refractivity contribution < 1.29 is 0 Å². The Labute approximate surface area is 99.0 Å². The van der Waals surface area contributed by atoms with E-state index in [9.17, 15) is 0 Å². The molecule has 5 nitrogen and oxygen atoms in total. The highest BCUT2D eigenvalue weighted by molar-refractivity contribution is 6.30. The van der Waals surface area contributed by atoms with Crippen LogP contribution in [0, 0.1) is 0 Å². The van der Waals surface area contributed by atoms with Gasteiger partial charge >= 0.3 is 0 Å². The van der Waals surface area contributed by atoms with Crippen LogP contribution in [-0.4, -0.2) is 18.5 Å². The van der Waals surface area contributed by atoms with Gasteiger partial charge < -0.3 is 17.2 Å². The summed E-state index contributed by atoms with van der Waals surface area (Å²) >= 11 is 5.76. The van der Waals surface area contributed by atoms with E-state index in [1.807, 2.05) is 24.3 Å². The molecule has 86 valence electrons. The van der Waals surface area contributed by atoms with Crippen LogP contribution in [-0.2, 0) is 6.42 Å². The molecule has 0 unspecified atom stereocenters. The normalized spacial score (nSPS) is 11.2. The lowest BCUT2D eigenvalue weighted by Crippen LogP contribution is -2.26. The number of aliphatic imine (C=N–C) groups is 2. The average Bonchev–Trinajstić information content (AvgIpc) is 2.20. The average molecular weight is 240 g/mol. The standard InChI is InChI=1S/C10H14ClN5/c11-8-3-1-7(2-4-8)5-6-15-10(14)16-9(12)13/h1-4H,5-6H2,(H6,12,13,14,15,16). The lowest BCUT2D eigenvalue weighted by atomic mass is 10.1. The van der Waals surface area contributed by atoms with Gasteiger partial charge in [-0.3, -0.25) is 4.99 Å². The highest BCUT2D eigenvalue weighted by atomic mass is 35.5. The molecule has 0 saturated heterocycles. The highest BCUT2D eigenvalue weighted by Crippen LogP contribution is 2.09. The van der Waals surface area contributed by atoms with E-state index in [0.717, 1.165) is 12.0 Å². The van der Waals surface area contributed by atoms with Gasteiger partial charge in [-0.05, 0) is 24.1 Å². The van der Waals surface area contributed by atoms with Gasteiger partial charge in [-0.1, -0.05) is 23.7 Å². The molecule has 0 aliphatic rings. The summed E-state index contributed by atoms with van der Waals surface area (Å²) in [6, 6.07) is 7.54. The number of benzene rings is 1. The Morgan fingerprint density at radius 1 is 1.12 bits per heavy atom. The summed E-state index contributed by atoms with van der Waals surface area (Å²) in [5.41, 5.74) is 16.9. The van der Waals surface area contributed by atoms with Crippen LogP contribution in [0.15, 0.2) is 34.3 Å². The largest absolute Gasteiger partial charge is 0.370 e. The van der Waals surface area contributed by atoms with E-state index >= 15 is 0 Å². The molecule has 0 saturated carbocycles. The van der Waals surface area contributed by atoms with Crippen molar-refractivity contribution in [1.29, 1.82) is 0 Å². The van der Waals surface area contributed by atoms with Gasteiger partial charge in [-0.2, -0.15) is 4.99 Å². The molecule has 0 heterocycles. The monoisotopic (exact) mass is 239 g/mol. The lowest BCUT2D eigenvalue weighted by molar-refractivity contribution is 0.962. The summed E-state index contributed by atoms with van der Waals surface area (Å²) in [4.78, 5) is 7.60. The van der Waals surface area contributed by atoms with Crippen molar-refractivity contribution >= 4 is 23.5 Å². The van der Waals surface area contributed by atoms with Gasteiger partial charge in [-0.15, -0.1) is 0 Å². The molecule has 0 aliphatic carbocycles. The molecular formula is C10H14ClN5. The summed E-state index contributed by atoms with van der Waals surface area (Å²) in [6.07, 6.45) is 0.762. The first-order chi connectivity index (χ1) is 7.58. The van der Waals surface area contributed by atoms with Gasteiger partial charge in [0.2, 0.25) is 5.96 Å². The predicted molar refractivity (Wildman–Crippen MR) is 67.5 cm³/mol. The third kappa shape index (κ3) is 4.65. The fourth-order valence-electron chi connectivity index (χ4n) is 1.12. The lowest BCUT2D eigenvalue weighted by Gasteiger charge is -1.99. The molecule has 0 atom stereocenters. The van der Waals surface area contributed by atoms with Crippen molar-refractivity contribution in [3.05, 3.63) is 34.9 Å². The zero-order chi connectivity index (χ0) is 12.0. The molecule has 0 bridgehead atoms. The number of nitrogens with zero attached hydrogens (tertiary/aromatic N) is 2. The summed E-state index contributed by atoms with van der Waals surface area (Å²) in [6.45, 7) is 0.532. The van der Waals surface area contributed by atoms with E-state index in [4.69, 9.17) is 28.8 Å². The van der Waals surface area contributed by atoms with Gasteiger partial charge in [0.25, 0.3) is 0 Å². The number of hydrogen-bond donors (Lipinski definition) is 3. The molecule has 1 aromatic rings. The van der Waals surface area contributed by atoms with E-state index in [1.165, 1.54) is 0 Å². The Bertz CT molecular complexity index is 392. The predicted octanol–water partition coefficient (Wildman–Crippen LogP) is 0.471. The molecule has 0 aliphatic heterocycles. The number of hydrogen-bond acceptors (Lipinski definition) is 1. The maximum absolute atomic E-state index is 5.76. The highest BCUT2D eigenvalue weighted by Gasteiger charge is 1.93. The molecule has 6 N–H and O–H groups in total. The van der Waals surface area contributed by atoms with Gasteiger partial charge in [0, 0.05) is 11.6 Å². The number of guanidine groups is 2. The van der Waals surface area contributed by atoms with Gasteiger partial charge in [0.15, 0.2) is 5.96 Å². The molecule has 0 spiro atoms. The van der Waals surface area contributed by atoms with Crippen LogP contribution in [0.2, 0.25) is 5.02 Å². The quantitative estimate of drug-likeness (QED) is 0.528. The Kier molecular flexibility index (Phi) is 4.60. The summed E-state index contributed by atoms with van der Waals surface area (Å²) in [5.74, 6) is 0.00158. The summed E-state index contributed by atoms with van der Waals surface area (Å²) < 4.78 is 0. The Balaban J connectivity index is 2.47. The van der Waals surface area contributed by atoms with E-state index < -0.39 is 0 Å². The number of nitrogens with two attached hydrogens (primary N) is 3. The van der Waals surface area contributed by atoms with Crippen molar-refractivity contribution in [3.8, 4) is 0 Å². The van der Waals surface area contributed by atoms with E-state index in [2.05, 4.69) is 9.98 Å². The smallest absolute Gasteiger partial charge is 0.218 e. The van der Waals surface area contributed by atoms with Crippen molar-refractivity contribution in [1.82, 2.24) is 0 Å². The molecular weight excluding hydrogens is 226 g/mol. The molecule has 1 aromatic carbocycles. The minimum absolute atomic E-state index is 0.0901. The SMILES string of the molecule is NC(N)=NC(N)=NCCc1ccc(Cl)cc1. The van der Waals surface area contributed by atoms with Crippen LogP contribution < -0.4 is 17.2 Å². The van der Waals surface area contributed by atoms with Gasteiger partial charge in [-0.25, -0.2) is 0 Å². The molecule has 0 aromatic heterocycles. The van der Waals surface area contributed by atoms with E-state index in [-0.39, 0.29) is 11.9 Å². The second-order valence-electron chi connectivity index (χ2n) is 3.15. The van der Waals surface area contributed by atoms with Crippen LogP contribution in [0.25, 0.3) is 0 Å². The maximum Gasteiger partial charge on any atom is 0.218 e. The van der Waals surface area contributed by atoms with Crippen molar-refractivity contribution in [2.75, 3.05) is 6.54 Å². The molecule has 1 rings (SSSR count). The zero-order valence-corrected chi connectivity index (χ0v) is 9.48. The first-order valence-electron chi connectivity index (χ1n) is 4.72. The van der Waals surface area contributed by atoms with Crippen molar-refractivity contribution in [2.45, 2.75) is 6.42 Å². The zero-order valence-electron chi connectivity index (χ0n) is 8.73. The van der Waals surface area contributed by atoms with E-state index in [1.54, 1.807) is 0 Å². The Morgan fingerprint density at radius 2 is 1.75 bits per heavy atom. The van der Waals surface area contributed by atoms with E-state index in [0.29, 0.717) is 11.6 Å². The fourth-order valence-corrected chi connectivity index (χ4v) is 1.24. The number of rotatable bonds is 3. The van der Waals surface area contributed by atoms with Crippen LogP contribution in [0.3, 0.4) is 0 Å². The third-order valence-electron chi connectivity index (χ3n) is 1.83. The van der Waals surface area contributed by atoms with Crippen LogP contribution >= 0.6 is 11.6 Å².